The van der Waals surface area contributed by atoms with Crippen LogP contribution < -0.4 is 0 Å². The molecule has 2 N–H and O–H groups in total. The van der Waals surface area contributed by atoms with E-state index in [4.69, 9.17) is 5.11 Å². The first-order valence-electron chi connectivity index (χ1n) is 6.89. The van der Waals surface area contributed by atoms with E-state index in [1.165, 1.54) is 19.4 Å². The maximum Gasteiger partial charge on any atom is 0.0796 e. The van der Waals surface area contributed by atoms with Crippen LogP contribution in [0.25, 0.3) is 0 Å². The van der Waals surface area contributed by atoms with Gasteiger partial charge in [0.1, 0.15) is 0 Å². The first kappa shape index (κ1) is 13.6. The highest BCUT2D eigenvalue weighted by atomic mass is 16.3. The van der Waals surface area contributed by atoms with Gasteiger partial charge in [-0.15, -0.1) is 0 Å². The van der Waals surface area contributed by atoms with E-state index in [-0.39, 0.29) is 6.61 Å². The van der Waals surface area contributed by atoms with Gasteiger partial charge in [-0.25, -0.2) is 0 Å². The van der Waals surface area contributed by atoms with Gasteiger partial charge < -0.3 is 5.11 Å². The number of likely N-dealkylation sites (tertiary alicyclic amines) is 1. The predicted octanol–water partition coefficient (Wildman–Crippen LogP) is 2.13. The molecule has 0 aromatic carbocycles. The lowest BCUT2D eigenvalue weighted by Gasteiger charge is -2.30. The summed E-state index contributed by atoms with van der Waals surface area (Å²) in [7, 11) is 0. The fourth-order valence-corrected chi connectivity index (χ4v) is 2.76. The summed E-state index contributed by atoms with van der Waals surface area (Å²) in [6.07, 6.45) is 3.11. The summed E-state index contributed by atoms with van der Waals surface area (Å²) in [6, 6.07) is 2.56. The van der Waals surface area contributed by atoms with Crippen LogP contribution in [0, 0.1) is 5.41 Å². The molecule has 2 heterocycles. The smallest absolute Gasteiger partial charge is 0.0796 e. The van der Waals surface area contributed by atoms with Crippen LogP contribution in [0.15, 0.2) is 6.07 Å². The van der Waals surface area contributed by atoms with Gasteiger partial charge in [0.25, 0.3) is 0 Å². The average Bonchev–Trinajstić information content (AvgIpc) is 2.85. The Bertz CT molecular complexity index is 381. The molecular weight excluding hydrogens is 226 g/mol. The van der Waals surface area contributed by atoms with Crippen LogP contribution in [0.4, 0.5) is 0 Å². The van der Waals surface area contributed by atoms with E-state index in [0.29, 0.717) is 17.9 Å². The Balaban J connectivity index is 2.05. The molecule has 0 aliphatic carbocycles. The zero-order valence-corrected chi connectivity index (χ0v) is 11.7. The zero-order chi connectivity index (χ0) is 13.2. The van der Waals surface area contributed by atoms with E-state index in [1.807, 2.05) is 0 Å². The Morgan fingerprint density at radius 1 is 1.50 bits per heavy atom. The molecule has 0 saturated carbocycles. The number of aromatic amines is 1. The number of hydrogen-bond donors (Lipinski definition) is 2. The van der Waals surface area contributed by atoms with Crippen LogP contribution in [0.5, 0.6) is 0 Å². The summed E-state index contributed by atoms with van der Waals surface area (Å²) in [5, 5.41) is 16.4. The Hall–Kier alpha value is -0.870. The second kappa shape index (κ2) is 5.41. The molecule has 1 aromatic rings. The maximum atomic E-state index is 8.94. The van der Waals surface area contributed by atoms with Gasteiger partial charge >= 0.3 is 0 Å². The second-order valence-electron chi connectivity index (χ2n) is 6.48. The van der Waals surface area contributed by atoms with Gasteiger partial charge in [-0.2, -0.15) is 5.10 Å². The number of aliphatic hydroxyl groups excluding tert-OH is 1. The van der Waals surface area contributed by atoms with Crippen molar-refractivity contribution in [2.24, 2.45) is 5.41 Å². The van der Waals surface area contributed by atoms with E-state index in [9.17, 15) is 0 Å². The molecule has 1 aliphatic heterocycles. The fourth-order valence-electron chi connectivity index (χ4n) is 2.76. The number of nitrogens with zero attached hydrogens (tertiary/aromatic N) is 2. The third kappa shape index (κ3) is 3.33. The lowest BCUT2D eigenvalue weighted by Crippen LogP contribution is -2.32. The SMILES string of the molecule is CC(C)(C)CN1CCCC1c1cc(CCO)[nH]n1. The predicted molar refractivity (Wildman–Crippen MR) is 72.4 cm³/mol. The molecule has 0 radical (unpaired) electrons. The average molecular weight is 251 g/mol. The van der Waals surface area contributed by atoms with Crippen LogP contribution in [0.1, 0.15) is 51.0 Å². The fraction of sp³-hybridized carbons (Fsp3) is 0.786. The van der Waals surface area contributed by atoms with Gasteiger partial charge in [0.15, 0.2) is 0 Å². The first-order chi connectivity index (χ1) is 8.49. The maximum absolute atomic E-state index is 8.94. The van der Waals surface area contributed by atoms with Crippen molar-refractivity contribution in [3.8, 4) is 0 Å². The van der Waals surface area contributed by atoms with Gasteiger partial charge in [0.2, 0.25) is 0 Å². The summed E-state index contributed by atoms with van der Waals surface area (Å²) in [6.45, 7) is 9.31. The third-order valence-electron chi connectivity index (χ3n) is 3.41. The quantitative estimate of drug-likeness (QED) is 0.862. The molecule has 2 rings (SSSR count). The zero-order valence-electron chi connectivity index (χ0n) is 11.7. The van der Waals surface area contributed by atoms with Crippen molar-refractivity contribution < 1.29 is 5.11 Å². The van der Waals surface area contributed by atoms with Gasteiger partial charge in [-0.3, -0.25) is 10.00 Å². The molecule has 0 bridgehead atoms. The number of rotatable bonds is 4. The summed E-state index contributed by atoms with van der Waals surface area (Å²) in [5.74, 6) is 0. The number of nitrogens with one attached hydrogen (secondary N) is 1. The number of H-pyrrole nitrogens is 1. The van der Waals surface area contributed by atoms with Crippen LogP contribution in [0.3, 0.4) is 0 Å². The Labute approximate surface area is 109 Å². The molecule has 1 atom stereocenters. The van der Waals surface area contributed by atoms with E-state index < -0.39 is 0 Å². The van der Waals surface area contributed by atoms with Gasteiger partial charge in [0, 0.05) is 25.3 Å². The molecule has 4 nitrogen and oxygen atoms in total. The van der Waals surface area contributed by atoms with Crippen LogP contribution >= 0.6 is 0 Å². The number of aromatic nitrogens is 2. The van der Waals surface area contributed by atoms with Crippen molar-refractivity contribution in [2.75, 3.05) is 19.7 Å². The summed E-state index contributed by atoms with van der Waals surface area (Å²) in [4.78, 5) is 2.54. The minimum Gasteiger partial charge on any atom is -0.396 e. The van der Waals surface area contributed by atoms with E-state index in [1.54, 1.807) is 0 Å². The Morgan fingerprint density at radius 3 is 2.94 bits per heavy atom. The molecule has 18 heavy (non-hydrogen) atoms. The molecule has 1 saturated heterocycles. The molecule has 0 spiro atoms. The molecule has 102 valence electrons. The molecule has 1 fully saturated rings. The van der Waals surface area contributed by atoms with Crippen molar-refractivity contribution in [1.82, 2.24) is 15.1 Å². The first-order valence-corrected chi connectivity index (χ1v) is 6.89. The lowest BCUT2D eigenvalue weighted by molar-refractivity contribution is 0.176. The highest BCUT2D eigenvalue weighted by Crippen LogP contribution is 2.33. The second-order valence-corrected chi connectivity index (χ2v) is 6.48. The highest BCUT2D eigenvalue weighted by molar-refractivity contribution is 5.14. The van der Waals surface area contributed by atoms with Crippen LogP contribution in [-0.4, -0.2) is 39.9 Å². The summed E-state index contributed by atoms with van der Waals surface area (Å²) < 4.78 is 0. The molecule has 1 unspecified atom stereocenters. The Kier molecular flexibility index (Phi) is 4.07. The largest absolute Gasteiger partial charge is 0.396 e. The van der Waals surface area contributed by atoms with Crippen molar-refractivity contribution in [1.29, 1.82) is 0 Å². The third-order valence-corrected chi connectivity index (χ3v) is 3.41. The highest BCUT2D eigenvalue weighted by Gasteiger charge is 2.30. The summed E-state index contributed by atoms with van der Waals surface area (Å²) in [5.41, 5.74) is 2.50. The minimum atomic E-state index is 0.179. The summed E-state index contributed by atoms with van der Waals surface area (Å²) >= 11 is 0. The molecule has 1 aliphatic rings. The van der Waals surface area contributed by atoms with Gasteiger partial charge in [-0.1, -0.05) is 20.8 Å². The molecule has 1 aromatic heterocycles. The molecule has 4 heteroatoms. The Morgan fingerprint density at radius 2 is 2.28 bits per heavy atom. The van der Waals surface area contributed by atoms with E-state index in [2.05, 4.69) is 41.9 Å². The number of hydrogen-bond acceptors (Lipinski definition) is 3. The monoisotopic (exact) mass is 251 g/mol. The van der Waals surface area contributed by atoms with Gasteiger partial charge in [0.05, 0.1) is 11.7 Å². The normalized spacial score (nSPS) is 21.7. The molecule has 0 amide bonds. The van der Waals surface area contributed by atoms with Crippen molar-refractivity contribution in [2.45, 2.75) is 46.1 Å². The van der Waals surface area contributed by atoms with Crippen molar-refractivity contribution >= 4 is 0 Å². The van der Waals surface area contributed by atoms with Crippen LogP contribution in [-0.2, 0) is 6.42 Å². The van der Waals surface area contributed by atoms with E-state index in [0.717, 1.165) is 17.9 Å². The van der Waals surface area contributed by atoms with Gasteiger partial charge in [-0.05, 0) is 30.9 Å². The molecular formula is C14H25N3O. The minimum absolute atomic E-state index is 0.179. The van der Waals surface area contributed by atoms with Crippen molar-refractivity contribution in [3.05, 3.63) is 17.5 Å². The van der Waals surface area contributed by atoms with E-state index >= 15 is 0 Å². The van der Waals surface area contributed by atoms with Crippen LogP contribution in [0.2, 0.25) is 0 Å². The standard InChI is InChI=1S/C14H25N3O/c1-14(2,3)10-17-7-4-5-13(17)12-9-11(6-8-18)15-16-12/h9,13,18H,4-8,10H2,1-3H3,(H,15,16). The lowest BCUT2D eigenvalue weighted by atomic mass is 9.95. The topological polar surface area (TPSA) is 52.1 Å². The number of aliphatic hydroxyl groups is 1. The van der Waals surface area contributed by atoms with Crippen molar-refractivity contribution in [3.63, 3.8) is 0 Å².